The summed E-state index contributed by atoms with van der Waals surface area (Å²) in [6.07, 6.45) is 0. The summed E-state index contributed by atoms with van der Waals surface area (Å²) in [5.74, 6) is 39.1. The fourth-order valence-corrected chi connectivity index (χ4v) is 6.38. The van der Waals surface area contributed by atoms with E-state index >= 15 is 0 Å². The van der Waals surface area contributed by atoms with Gasteiger partial charge in [-0.05, 0) is 121 Å². The van der Waals surface area contributed by atoms with Gasteiger partial charge in [0.05, 0.1) is 79.0 Å². The Hall–Kier alpha value is -10.9. The maximum Gasteiger partial charge on any atom is 0.161 e. The number of phenols is 1. The molecule has 0 atom stereocenters. The minimum absolute atomic E-state index is 0.148. The molecule has 69 heavy (non-hydrogen) atoms. The van der Waals surface area contributed by atoms with Crippen molar-refractivity contribution in [2.75, 3.05) is 21.3 Å². The van der Waals surface area contributed by atoms with E-state index in [0.29, 0.717) is 101 Å². The molecule has 0 spiro atoms. The van der Waals surface area contributed by atoms with Crippen molar-refractivity contribution in [1.82, 2.24) is 0 Å². The van der Waals surface area contributed by atoms with E-state index in [-0.39, 0.29) is 11.5 Å². The van der Waals surface area contributed by atoms with Gasteiger partial charge >= 0.3 is 0 Å². The number of nitrogens with zero attached hydrogens (tertiary/aromatic N) is 4. The highest BCUT2D eigenvalue weighted by Gasteiger charge is 2.12. The van der Waals surface area contributed by atoms with Crippen molar-refractivity contribution in [1.29, 1.82) is 21.0 Å². The summed E-state index contributed by atoms with van der Waals surface area (Å²) in [6.45, 7) is 0. The monoisotopic (exact) mass is 884 g/mol. The van der Waals surface area contributed by atoms with E-state index in [1.54, 1.807) is 127 Å². The van der Waals surface area contributed by atoms with Gasteiger partial charge in [0.2, 0.25) is 0 Å². The number of nitriles is 4. The van der Waals surface area contributed by atoms with E-state index < -0.39 is 0 Å². The molecule has 0 unspecified atom stereocenters. The highest BCUT2D eigenvalue weighted by Crippen LogP contribution is 2.30. The minimum atomic E-state index is -0.148. The molecule has 0 aliphatic heterocycles. The van der Waals surface area contributed by atoms with E-state index in [0.717, 1.165) is 0 Å². The molecule has 8 nitrogen and oxygen atoms in total. The van der Waals surface area contributed by atoms with E-state index in [1.807, 2.05) is 0 Å². The van der Waals surface area contributed by atoms with Gasteiger partial charge in [-0.15, -0.1) is 0 Å². The topological polar surface area (TPSA) is 143 Å². The summed E-state index contributed by atoms with van der Waals surface area (Å²) in [6, 6.07) is 46.3. The summed E-state index contributed by atoms with van der Waals surface area (Å²) < 4.78 is 17.1. The molecule has 7 aromatic rings. The van der Waals surface area contributed by atoms with Crippen LogP contribution in [0.25, 0.3) is 0 Å². The van der Waals surface area contributed by atoms with Gasteiger partial charge in [0.1, 0.15) is 11.5 Å². The van der Waals surface area contributed by atoms with Crippen LogP contribution >= 0.6 is 0 Å². The van der Waals surface area contributed by atoms with Gasteiger partial charge in [-0.2, -0.15) is 21.0 Å². The standard InChI is InChI=1S/C61H32N4O4/c1-67-59-35-53(26-22-44-8-16-48(40-64)17-9-44)50(24-20-42-4-12-46(38-62)13-5-42)32-56(59)30-28-52-34-58(66)61(69-3)37-55(52)29-31-57-33-51(25-21-43-6-14-47(39-63)15-7-43)54(36-60(57)68-2)27-23-45-10-18-49(41-65)19-11-45/h4-19,32-37,66H,1-3H3. The molecule has 1 N–H and O–H groups in total. The summed E-state index contributed by atoms with van der Waals surface area (Å²) in [5.41, 5.74) is 8.87. The Morgan fingerprint density at radius 1 is 0.275 bits per heavy atom. The number of rotatable bonds is 3. The van der Waals surface area contributed by atoms with Gasteiger partial charge in [0, 0.05) is 67.8 Å². The molecule has 8 heteroatoms. The highest BCUT2D eigenvalue weighted by atomic mass is 16.5. The lowest BCUT2D eigenvalue weighted by atomic mass is 10.0. The Morgan fingerprint density at radius 3 is 0.768 bits per heavy atom. The van der Waals surface area contributed by atoms with Crippen LogP contribution in [0.1, 0.15) is 89.0 Å². The van der Waals surface area contributed by atoms with Crippen LogP contribution in [-0.4, -0.2) is 26.4 Å². The molecule has 0 saturated heterocycles. The number of aromatic hydroxyl groups is 1. The van der Waals surface area contributed by atoms with Crippen LogP contribution in [0.15, 0.2) is 133 Å². The van der Waals surface area contributed by atoms with Crippen LogP contribution in [0.3, 0.4) is 0 Å². The van der Waals surface area contributed by atoms with Gasteiger partial charge < -0.3 is 19.3 Å². The first-order valence-corrected chi connectivity index (χ1v) is 20.7. The molecule has 0 aliphatic rings. The van der Waals surface area contributed by atoms with Gasteiger partial charge in [-0.3, -0.25) is 0 Å². The number of hydrogen-bond donors (Lipinski definition) is 1. The molecule has 0 aromatic heterocycles. The van der Waals surface area contributed by atoms with E-state index in [1.165, 1.54) is 27.4 Å². The summed E-state index contributed by atoms with van der Waals surface area (Å²) in [5, 5.41) is 48.0. The number of benzene rings is 7. The predicted molar refractivity (Wildman–Crippen MR) is 261 cm³/mol. The van der Waals surface area contributed by atoms with Crippen molar-refractivity contribution in [3.63, 3.8) is 0 Å². The molecule has 0 saturated carbocycles. The normalized spacial score (nSPS) is 9.26. The Labute approximate surface area is 400 Å². The second-order valence-electron chi connectivity index (χ2n) is 14.5. The third kappa shape index (κ3) is 11.8. The lowest BCUT2D eigenvalue weighted by Gasteiger charge is -2.08. The van der Waals surface area contributed by atoms with Crippen LogP contribution in [0.2, 0.25) is 0 Å². The fourth-order valence-electron chi connectivity index (χ4n) is 6.38. The zero-order valence-electron chi connectivity index (χ0n) is 37.2. The van der Waals surface area contributed by atoms with E-state index in [4.69, 9.17) is 14.2 Å². The second kappa shape index (κ2) is 22.1. The maximum atomic E-state index is 11.0. The molecule has 0 aliphatic carbocycles. The lowest BCUT2D eigenvalue weighted by molar-refractivity contribution is 0.373. The zero-order valence-corrected chi connectivity index (χ0v) is 37.2. The average molecular weight is 885 g/mol. The average Bonchev–Trinajstić information content (AvgIpc) is 3.40. The molecular formula is C61H32N4O4. The zero-order chi connectivity index (χ0) is 48.5. The smallest absolute Gasteiger partial charge is 0.161 e. The predicted octanol–water partition coefficient (Wildman–Crippen LogP) is 9.30. The number of ether oxygens (including phenoxy) is 3. The molecule has 0 heterocycles. The first kappa shape index (κ1) is 46.1. The van der Waals surface area contributed by atoms with Crippen LogP contribution < -0.4 is 14.2 Å². The fraction of sp³-hybridized carbons (Fsp3) is 0.0492. The molecule has 0 bridgehead atoms. The molecule has 7 aromatic carbocycles. The lowest BCUT2D eigenvalue weighted by Crippen LogP contribution is -1.95. The maximum absolute atomic E-state index is 11.0. The van der Waals surface area contributed by atoms with Crippen molar-refractivity contribution < 1.29 is 19.3 Å². The van der Waals surface area contributed by atoms with E-state index in [9.17, 15) is 26.2 Å². The quantitative estimate of drug-likeness (QED) is 0.173. The van der Waals surface area contributed by atoms with Crippen LogP contribution in [0, 0.1) is 116 Å². The third-order valence-corrected chi connectivity index (χ3v) is 10.1. The Morgan fingerprint density at radius 2 is 0.493 bits per heavy atom. The Kier molecular flexibility index (Phi) is 14.8. The van der Waals surface area contributed by atoms with Crippen LogP contribution in [-0.2, 0) is 0 Å². The van der Waals surface area contributed by atoms with E-state index in [2.05, 4.69) is 95.3 Å². The SMILES string of the molecule is COc1cc(C#Cc2cc(C#Cc3ccc(C#N)cc3)c(C#Cc3ccc(C#N)cc3)cc2OC)c(C#Cc2cc(C#Cc3ccc(C#N)cc3)c(C#Cc3ccc(C#N)cc3)cc2OC)cc1O. The van der Waals surface area contributed by atoms with Gasteiger partial charge in [0.15, 0.2) is 11.5 Å². The molecule has 0 fully saturated rings. The summed E-state index contributed by atoms with van der Waals surface area (Å²) in [4.78, 5) is 0. The highest BCUT2D eigenvalue weighted by molar-refractivity contribution is 5.67. The molecule has 320 valence electrons. The largest absolute Gasteiger partial charge is 0.504 e. The van der Waals surface area contributed by atoms with Crippen molar-refractivity contribution >= 4 is 0 Å². The van der Waals surface area contributed by atoms with Crippen molar-refractivity contribution in [3.8, 4) is 118 Å². The molecule has 7 rings (SSSR count). The van der Waals surface area contributed by atoms with Crippen LogP contribution in [0.5, 0.6) is 23.0 Å². The summed E-state index contributed by atoms with van der Waals surface area (Å²) >= 11 is 0. The molecule has 0 radical (unpaired) electrons. The van der Waals surface area contributed by atoms with Gasteiger partial charge in [-0.25, -0.2) is 0 Å². The van der Waals surface area contributed by atoms with Gasteiger partial charge in [0.25, 0.3) is 0 Å². The first-order chi connectivity index (χ1) is 33.7. The van der Waals surface area contributed by atoms with Crippen molar-refractivity contribution in [2.24, 2.45) is 0 Å². The first-order valence-electron chi connectivity index (χ1n) is 20.7. The molecule has 0 amide bonds. The van der Waals surface area contributed by atoms with Gasteiger partial charge in [-0.1, -0.05) is 71.0 Å². The van der Waals surface area contributed by atoms with Crippen LogP contribution in [0.4, 0.5) is 0 Å². The minimum Gasteiger partial charge on any atom is -0.504 e. The Balaban J connectivity index is 1.32. The number of phenolic OH excluding ortho intramolecular Hbond substituents is 1. The van der Waals surface area contributed by atoms with Crippen molar-refractivity contribution in [2.45, 2.75) is 0 Å². The van der Waals surface area contributed by atoms with Crippen molar-refractivity contribution in [3.05, 3.63) is 222 Å². The number of methoxy groups -OCH3 is 3. The number of hydrogen-bond acceptors (Lipinski definition) is 8. The summed E-state index contributed by atoms with van der Waals surface area (Å²) in [7, 11) is 4.49. The molecular weight excluding hydrogens is 853 g/mol. The third-order valence-electron chi connectivity index (χ3n) is 10.1. The second-order valence-corrected chi connectivity index (χ2v) is 14.5. The Bertz CT molecular complexity index is 3730.